The van der Waals surface area contributed by atoms with Gasteiger partial charge in [-0.3, -0.25) is 9.59 Å². The van der Waals surface area contributed by atoms with Crippen LogP contribution in [-0.2, 0) is 14.3 Å². The molecule has 35 heavy (non-hydrogen) atoms. The summed E-state index contributed by atoms with van der Waals surface area (Å²) in [6.07, 6.45) is 3.69. The number of carboxylic acid groups (broad SMARTS) is 1. The van der Waals surface area contributed by atoms with Crippen molar-refractivity contribution in [2.45, 2.75) is 62.9 Å². The lowest BCUT2D eigenvalue weighted by Crippen LogP contribution is -2.60. The van der Waals surface area contributed by atoms with Crippen molar-refractivity contribution in [3.05, 3.63) is 59.7 Å². The maximum atomic E-state index is 13.3. The number of benzene rings is 2. The van der Waals surface area contributed by atoms with E-state index in [1.807, 2.05) is 24.3 Å². The molecule has 0 saturated heterocycles. The summed E-state index contributed by atoms with van der Waals surface area (Å²) < 4.78 is 5.69. The zero-order chi connectivity index (χ0) is 24.6. The van der Waals surface area contributed by atoms with E-state index in [2.05, 4.69) is 34.9 Å². The number of alkyl carbamates (subject to hydrolysis) is 1. The van der Waals surface area contributed by atoms with Crippen LogP contribution in [0.25, 0.3) is 11.1 Å². The van der Waals surface area contributed by atoms with Gasteiger partial charge in [0.15, 0.2) is 0 Å². The summed E-state index contributed by atoms with van der Waals surface area (Å²) in [6.45, 7) is 1.93. The highest BCUT2D eigenvalue weighted by molar-refractivity contribution is 5.90. The molecule has 0 spiro atoms. The molecule has 2 fully saturated rings. The third-order valence-corrected chi connectivity index (χ3v) is 7.93. The molecule has 184 valence electrons. The fraction of sp³-hybridized carbons (Fsp3) is 0.464. The van der Waals surface area contributed by atoms with Crippen molar-refractivity contribution in [1.29, 1.82) is 0 Å². The predicted molar refractivity (Wildman–Crippen MR) is 131 cm³/mol. The van der Waals surface area contributed by atoms with Crippen molar-refractivity contribution in [3.8, 4) is 11.1 Å². The average Bonchev–Trinajstić information content (AvgIpc) is 3.67. The molecule has 3 aliphatic rings. The van der Waals surface area contributed by atoms with Gasteiger partial charge in [0.1, 0.15) is 12.1 Å². The number of carboxylic acids is 1. The molecule has 0 aliphatic heterocycles. The van der Waals surface area contributed by atoms with Crippen molar-refractivity contribution < 1.29 is 24.2 Å². The van der Waals surface area contributed by atoms with Crippen molar-refractivity contribution >= 4 is 18.0 Å². The first-order chi connectivity index (χ1) is 16.9. The molecule has 2 amide bonds. The number of amides is 2. The van der Waals surface area contributed by atoms with E-state index in [9.17, 15) is 19.5 Å². The SMILES string of the molecule is CC(NC(=O)OCC1c2ccccc2-c2ccccc21)(C(=O)NC1CCCC(C(=O)O)C1)C1CC1. The quantitative estimate of drug-likeness (QED) is 0.548. The monoisotopic (exact) mass is 476 g/mol. The van der Waals surface area contributed by atoms with Gasteiger partial charge < -0.3 is 20.5 Å². The fourth-order valence-electron chi connectivity index (χ4n) is 5.73. The molecular weight excluding hydrogens is 444 g/mol. The number of rotatable bonds is 7. The Bertz CT molecular complexity index is 1100. The molecule has 2 aromatic carbocycles. The zero-order valence-electron chi connectivity index (χ0n) is 20.0. The van der Waals surface area contributed by atoms with Crippen LogP contribution in [0.1, 0.15) is 62.5 Å². The Morgan fingerprint density at radius 2 is 1.60 bits per heavy atom. The minimum Gasteiger partial charge on any atom is -0.481 e. The van der Waals surface area contributed by atoms with Gasteiger partial charge in [0.2, 0.25) is 5.91 Å². The van der Waals surface area contributed by atoms with Crippen LogP contribution in [0.3, 0.4) is 0 Å². The fourth-order valence-corrected chi connectivity index (χ4v) is 5.73. The van der Waals surface area contributed by atoms with Gasteiger partial charge in [0, 0.05) is 12.0 Å². The van der Waals surface area contributed by atoms with Gasteiger partial charge in [-0.25, -0.2) is 4.79 Å². The van der Waals surface area contributed by atoms with Crippen molar-refractivity contribution in [2.75, 3.05) is 6.61 Å². The minimum absolute atomic E-state index is 0.0434. The highest BCUT2D eigenvalue weighted by Crippen LogP contribution is 2.45. The first-order valence-corrected chi connectivity index (χ1v) is 12.5. The number of ether oxygens (including phenoxy) is 1. The lowest BCUT2D eigenvalue weighted by molar-refractivity contribution is -0.143. The Morgan fingerprint density at radius 3 is 2.20 bits per heavy atom. The summed E-state index contributed by atoms with van der Waals surface area (Å²) in [6, 6.07) is 16.1. The number of hydrogen-bond donors (Lipinski definition) is 3. The molecule has 0 bridgehead atoms. The summed E-state index contributed by atoms with van der Waals surface area (Å²) in [5.41, 5.74) is 3.50. The molecule has 2 saturated carbocycles. The Labute approximate surface area is 205 Å². The Balaban J connectivity index is 1.24. The van der Waals surface area contributed by atoms with E-state index in [1.165, 1.54) is 0 Å². The average molecular weight is 477 g/mol. The molecule has 3 aliphatic carbocycles. The maximum Gasteiger partial charge on any atom is 0.408 e. The second-order valence-corrected chi connectivity index (χ2v) is 10.3. The lowest BCUT2D eigenvalue weighted by Gasteiger charge is -2.34. The summed E-state index contributed by atoms with van der Waals surface area (Å²) in [4.78, 5) is 37.6. The van der Waals surface area contributed by atoms with Crippen LogP contribution in [0, 0.1) is 11.8 Å². The highest BCUT2D eigenvalue weighted by Gasteiger charge is 2.49. The van der Waals surface area contributed by atoms with Gasteiger partial charge in [-0.15, -0.1) is 0 Å². The minimum atomic E-state index is -1.08. The van der Waals surface area contributed by atoms with Gasteiger partial charge in [0.05, 0.1) is 5.92 Å². The molecule has 3 N–H and O–H groups in total. The van der Waals surface area contributed by atoms with E-state index >= 15 is 0 Å². The second kappa shape index (κ2) is 9.36. The first-order valence-electron chi connectivity index (χ1n) is 12.5. The summed E-state index contributed by atoms with van der Waals surface area (Å²) in [5, 5.41) is 15.2. The highest BCUT2D eigenvalue weighted by atomic mass is 16.5. The molecule has 3 atom stereocenters. The van der Waals surface area contributed by atoms with Crippen LogP contribution in [0.5, 0.6) is 0 Å². The third kappa shape index (κ3) is 4.64. The molecular formula is C28H32N2O5. The number of carbonyl (C=O) groups excluding carboxylic acids is 2. The number of fused-ring (bicyclic) bond motifs is 3. The predicted octanol–water partition coefficient (Wildman–Crippen LogP) is 4.45. The molecule has 0 radical (unpaired) electrons. The number of aliphatic carboxylic acids is 1. The van der Waals surface area contributed by atoms with Crippen molar-refractivity contribution in [2.24, 2.45) is 11.8 Å². The summed E-state index contributed by atoms with van der Waals surface area (Å²) in [7, 11) is 0. The van der Waals surface area contributed by atoms with E-state index < -0.39 is 23.5 Å². The molecule has 5 rings (SSSR count). The zero-order valence-corrected chi connectivity index (χ0v) is 20.0. The molecule has 7 heteroatoms. The van der Waals surface area contributed by atoms with Gasteiger partial charge in [0.25, 0.3) is 0 Å². The normalized spacial score (nSPS) is 22.9. The smallest absolute Gasteiger partial charge is 0.408 e. The van der Waals surface area contributed by atoms with E-state index in [0.717, 1.165) is 47.9 Å². The molecule has 2 aromatic rings. The number of hydrogen-bond acceptors (Lipinski definition) is 4. The van der Waals surface area contributed by atoms with Gasteiger partial charge in [-0.2, -0.15) is 0 Å². The third-order valence-electron chi connectivity index (χ3n) is 7.93. The Hall–Kier alpha value is -3.35. The topological polar surface area (TPSA) is 105 Å². The lowest BCUT2D eigenvalue weighted by atomic mass is 9.85. The van der Waals surface area contributed by atoms with Crippen LogP contribution >= 0.6 is 0 Å². The number of nitrogens with one attached hydrogen (secondary N) is 2. The molecule has 0 heterocycles. The second-order valence-electron chi connectivity index (χ2n) is 10.3. The summed E-state index contributed by atoms with van der Waals surface area (Å²) >= 11 is 0. The molecule has 3 unspecified atom stereocenters. The van der Waals surface area contributed by atoms with Crippen LogP contribution in [0.2, 0.25) is 0 Å². The van der Waals surface area contributed by atoms with Crippen molar-refractivity contribution in [3.63, 3.8) is 0 Å². The first kappa shape index (κ1) is 23.4. The van der Waals surface area contributed by atoms with Gasteiger partial charge in [-0.05, 0) is 67.2 Å². The van der Waals surface area contributed by atoms with E-state index in [-0.39, 0.29) is 30.4 Å². The van der Waals surface area contributed by atoms with Crippen LogP contribution < -0.4 is 10.6 Å². The standard InChI is InChI=1S/C28H32N2O5/c1-28(18-13-14-18,26(33)29-19-8-6-7-17(15-19)25(31)32)30-27(34)35-16-24-22-11-4-2-9-20(22)21-10-3-5-12-23(21)24/h2-5,9-12,17-19,24H,6-8,13-16H2,1H3,(H,29,33)(H,30,34)(H,31,32). The Kier molecular flexibility index (Phi) is 6.26. The summed E-state index contributed by atoms with van der Waals surface area (Å²) in [5.74, 6) is -1.52. The van der Waals surface area contributed by atoms with Crippen molar-refractivity contribution in [1.82, 2.24) is 10.6 Å². The van der Waals surface area contributed by atoms with E-state index in [0.29, 0.717) is 12.8 Å². The van der Waals surface area contributed by atoms with Gasteiger partial charge >= 0.3 is 12.1 Å². The Morgan fingerprint density at radius 1 is 0.971 bits per heavy atom. The van der Waals surface area contributed by atoms with E-state index in [1.54, 1.807) is 6.92 Å². The maximum absolute atomic E-state index is 13.3. The van der Waals surface area contributed by atoms with Crippen LogP contribution in [-0.4, -0.2) is 41.3 Å². The largest absolute Gasteiger partial charge is 0.481 e. The molecule has 0 aromatic heterocycles. The van der Waals surface area contributed by atoms with Crippen LogP contribution in [0.15, 0.2) is 48.5 Å². The molecule has 7 nitrogen and oxygen atoms in total. The number of carbonyl (C=O) groups is 3. The van der Waals surface area contributed by atoms with E-state index in [4.69, 9.17) is 4.74 Å². The van der Waals surface area contributed by atoms with Crippen LogP contribution in [0.4, 0.5) is 4.79 Å². The van der Waals surface area contributed by atoms with Gasteiger partial charge in [-0.1, -0.05) is 55.0 Å².